The van der Waals surface area contributed by atoms with Crippen LogP contribution in [-0.4, -0.2) is 17.3 Å². The first kappa shape index (κ1) is 40.5. The van der Waals surface area contributed by atoms with Crippen molar-refractivity contribution in [3.05, 3.63) is 73.6 Å². The molecule has 1 atom stereocenters. The fourth-order valence-electron chi connectivity index (χ4n) is 1.29. The Morgan fingerprint density at radius 3 is 1.48 bits per heavy atom. The van der Waals surface area contributed by atoms with Gasteiger partial charge in [0.15, 0.2) is 0 Å². The molecule has 0 aromatic heterocycles. The van der Waals surface area contributed by atoms with Gasteiger partial charge in [-0.2, -0.15) is 0 Å². The molecule has 0 aromatic rings. The molecule has 2 nitrogen and oxygen atoms in total. The maximum Gasteiger partial charge on any atom is 0.114 e. The van der Waals surface area contributed by atoms with Crippen LogP contribution in [0.25, 0.3) is 0 Å². The first-order valence-corrected chi connectivity index (χ1v) is 9.28. The second-order valence-corrected chi connectivity index (χ2v) is 5.52. The van der Waals surface area contributed by atoms with Crippen LogP contribution in [0.5, 0.6) is 0 Å². The molecular formula is C24H46O2W. The van der Waals surface area contributed by atoms with Crippen molar-refractivity contribution in [3.63, 3.8) is 0 Å². The maximum atomic E-state index is 8.53. The van der Waals surface area contributed by atoms with Crippen LogP contribution in [0.15, 0.2) is 73.6 Å². The van der Waals surface area contributed by atoms with E-state index in [9.17, 15) is 0 Å². The summed E-state index contributed by atoms with van der Waals surface area (Å²) in [4.78, 5) is 0. The molecule has 0 amide bonds. The minimum Gasteiger partial charge on any atom is -0.508 e. The molecule has 0 rings (SSSR count). The third-order valence-corrected chi connectivity index (χ3v) is 3.01. The average Bonchev–Trinajstić information content (AvgIpc) is 2.67. The van der Waals surface area contributed by atoms with Crippen LogP contribution in [-0.2, 0) is 21.1 Å². The van der Waals surface area contributed by atoms with E-state index in [1.165, 1.54) is 23.8 Å². The van der Waals surface area contributed by atoms with Crippen molar-refractivity contribution < 1.29 is 31.3 Å². The number of aliphatic hydroxyl groups excluding tert-OH is 2. The first-order valence-electron chi connectivity index (χ1n) is 9.28. The van der Waals surface area contributed by atoms with E-state index >= 15 is 0 Å². The van der Waals surface area contributed by atoms with Gasteiger partial charge in [-0.25, -0.2) is 0 Å². The summed E-state index contributed by atoms with van der Waals surface area (Å²) in [5.41, 5.74) is 1.62. The van der Waals surface area contributed by atoms with Crippen LogP contribution in [0.4, 0.5) is 0 Å². The smallest absolute Gasteiger partial charge is 0.114 e. The third-order valence-electron chi connectivity index (χ3n) is 3.01. The molecule has 0 spiro atoms. The van der Waals surface area contributed by atoms with Gasteiger partial charge in [-0.15, -0.1) is 0 Å². The van der Waals surface area contributed by atoms with E-state index in [4.69, 9.17) is 10.2 Å². The molecule has 0 fully saturated rings. The predicted octanol–water partition coefficient (Wildman–Crippen LogP) is 7.82. The van der Waals surface area contributed by atoms with E-state index in [1.54, 1.807) is 0 Å². The molecule has 0 radical (unpaired) electrons. The van der Waals surface area contributed by atoms with Gasteiger partial charge in [0.25, 0.3) is 0 Å². The Morgan fingerprint density at radius 2 is 1.30 bits per heavy atom. The van der Waals surface area contributed by atoms with Crippen molar-refractivity contribution >= 4 is 0 Å². The van der Waals surface area contributed by atoms with Crippen molar-refractivity contribution in [2.75, 3.05) is 7.11 Å². The molecule has 0 bridgehead atoms. The van der Waals surface area contributed by atoms with Crippen LogP contribution in [0.2, 0.25) is 0 Å². The number of allylic oxidation sites excluding steroid dienone is 8. The Hall–Kier alpha value is -1.11. The van der Waals surface area contributed by atoms with E-state index in [1.807, 2.05) is 46.8 Å². The monoisotopic (exact) mass is 550 g/mol. The average molecular weight is 550 g/mol. The van der Waals surface area contributed by atoms with Gasteiger partial charge in [-0.3, -0.25) is 0 Å². The van der Waals surface area contributed by atoms with Gasteiger partial charge in [0.1, 0.15) is 5.76 Å². The molecule has 0 aromatic carbocycles. The predicted molar refractivity (Wildman–Crippen MR) is 124 cm³/mol. The van der Waals surface area contributed by atoms with Crippen LogP contribution in [0.1, 0.15) is 62.3 Å². The molecule has 3 heteroatoms. The molecule has 0 heterocycles. The molecule has 0 aliphatic carbocycles. The van der Waals surface area contributed by atoms with Gasteiger partial charge in [-0.1, -0.05) is 106 Å². The van der Waals surface area contributed by atoms with E-state index in [0.717, 1.165) is 7.11 Å². The van der Waals surface area contributed by atoms with Crippen molar-refractivity contribution in [3.8, 4) is 0 Å². The normalized spacial score (nSPS) is 11.2. The Bertz CT molecular complexity index is 397. The molecule has 2 N–H and O–H groups in total. The standard InChI is InChI=1S/C13H22.C6H8O.2C2H6.CH4O.W/c1-7-9-10-12(8-2)11(3)13(4,5)6;1-3-5-6(7)4-2;3*1-2;/h7-11H,2H2,1,3-6H3;3-5,7H,1-2H2;2*1-2H3;2H,1H3;/b9-7-,12-10+;6-5+;;;;. The molecule has 27 heavy (non-hydrogen) atoms. The van der Waals surface area contributed by atoms with Crippen LogP contribution in [0.3, 0.4) is 0 Å². The summed E-state index contributed by atoms with van der Waals surface area (Å²) in [6.07, 6.45) is 12.5. The number of hydrogen-bond acceptors (Lipinski definition) is 2. The summed E-state index contributed by atoms with van der Waals surface area (Å²) >= 11 is 0. The van der Waals surface area contributed by atoms with Crippen LogP contribution < -0.4 is 0 Å². The number of aliphatic hydroxyl groups is 2. The zero-order valence-electron chi connectivity index (χ0n) is 19.5. The third kappa shape index (κ3) is 33.0. The van der Waals surface area contributed by atoms with Gasteiger partial charge in [0, 0.05) is 28.2 Å². The molecule has 1 unspecified atom stereocenters. The molecule has 0 aliphatic rings. The Balaban J connectivity index is -0.0000000670. The maximum absolute atomic E-state index is 8.53. The second kappa shape index (κ2) is 32.6. The van der Waals surface area contributed by atoms with Gasteiger partial charge < -0.3 is 10.2 Å². The zero-order valence-corrected chi connectivity index (χ0v) is 22.5. The fraction of sp³-hybridized carbons (Fsp3) is 0.500. The Labute approximate surface area is 185 Å². The Morgan fingerprint density at radius 1 is 0.889 bits per heavy atom. The van der Waals surface area contributed by atoms with Crippen molar-refractivity contribution in [2.45, 2.75) is 62.3 Å². The molecule has 0 aliphatic heterocycles. The summed E-state index contributed by atoms with van der Waals surface area (Å²) in [6, 6.07) is 0. The van der Waals surface area contributed by atoms with Crippen LogP contribution in [0, 0.1) is 11.3 Å². The SMILES string of the molecule is C=C/C(=C\C=C/C)C(C)C(C)(C)C.C=C/C=C(/O)C=C.CC.CC.CO.[W]. The van der Waals surface area contributed by atoms with Gasteiger partial charge in [0.05, 0.1) is 0 Å². The minimum atomic E-state index is 0. The summed E-state index contributed by atoms with van der Waals surface area (Å²) < 4.78 is 0. The van der Waals surface area contributed by atoms with E-state index < -0.39 is 0 Å². The number of hydrogen-bond donors (Lipinski definition) is 2. The van der Waals surface area contributed by atoms with Crippen LogP contribution >= 0.6 is 0 Å². The summed E-state index contributed by atoms with van der Waals surface area (Å²) in [6.45, 7) is 29.6. The molecule has 0 saturated carbocycles. The second-order valence-electron chi connectivity index (χ2n) is 5.52. The van der Waals surface area contributed by atoms with E-state index in [2.05, 4.69) is 59.6 Å². The van der Waals surface area contributed by atoms with Crippen molar-refractivity contribution in [1.29, 1.82) is 0 Å². The first-order chi connectivity index (χ1) is 12.2. The largest absolute Gasteiger partial charge is 0.508 e. The quantitative estimate of drug-likeness (QED) is 0.271. The van der Waals surface area contributed by atoms with Crippen molar-refractivity contribution in [1.82, 2.24) is 0 Å². The van der Waals surface area contributed by atoms with E-state index in [0.29, 0.717) is 11.3 Å². The number of rotatable bonds is 5. The molecular weight excluding hydrogens is 504 g/mol. The van der Waals surface area contributed by atoms with Gasteiger partial charge >= 0.3 is 0 Å². The summed E-state index contributed by atoms with van der Waals surface area (Å²) in [7, 11) is 1.00. The summed E-state index contributed by atoms with van der Waals surface area (Å²) in [5, 5.41) is 15.5. The topological polar surface area (TPSA) is 40.5 Å². The summed E-state index contributed by atoms with van der Waals surface area (Å²) in [5.74, 6) is 0.691. The van der Waals surface area contributed by atoms with E-state index in [-0.39, 0.29) is 26.8 Å². The van der Waals surface area contributed by atoms with Crippen molar-refractivity contribution in [2.24, 2.45) is 11.3 Å². The van der Waals surface area contributed by atoms with Gasteiger partial charge in [-0.05, 0) is 36.0 Å². The minimum absolute atomic E-state index is 0. The van der Waals surface area contributed by atoms with Gasteiger partial charge in [0.2, 0.25) is 0 Å². The fourth-order valence-corrected chi connectivity index (χ4v) is 1.29. The molecule has 0 saturated heterocycles. The zero-order chi connectivity index (χ0) is 22.2. The Kier molecular flexibility index (Phi) is 48.9. The molecule has 160 valence electrons.